The Bertz CT molecular complexity index is 507. The Morgan fingerprint density at radius 2 is 1.71 bits per heavy atom. The minimum Gasteiger partial charge on any atom is -0.385 e. The molecule has 0 saturated carbocycles. The van der Waals surface area contributed by atoms with Crippen LogP contribution in [0.2, 0.25) is 0 Å². The van der Waals surface area contributed by atoms with Crippen molar-refractivity contribution in [3.05, 3.63) is 71.3 Å². The number of aliphatic hydroxyl groups excluding tert-OH is 1. The molecule has 86 valence electrons. The number of aliphatic hydroxyl groups is 1. The molecule has 1 heterocycles. The molecule has 2 aromatic rings. The fourth-order valence-electron chi connectivity index (χ4n) is 2.30. The van der Waals surface area contributed by atoms with Gasteiger partial charge in [0.05, 0.1) is 6.61 Å². The van der Waals surface area contributed by atoms with Crippen LogP contribution in [-0.2, 0) is 11.3 Å². The van der Waals surface area contributed by atoms with Gasteiger partial charge >= 0.3 is 0 Å². The fraction of sp³-hybridized carbons (Fsp3) is 0.200. The topological polar surface area (TPSA) is 29.5 Å². The highest BCUT2D eigenvalue weighted by Crippen LogP contribution is 2.39. The van der Waals surface area contributed by atoms with Gasteiger partial charge in [-0.2, -0.15) is 0 Å². The predicted octanol–water partition coefficient (Wildman–Crippen LogP) is 2.99. The first kappa shape index (κ1) is 10.5. The van der Waals surface area contributed by atoms with Gasteiger partial charge in [-0.05, 0) is 16.7 Å². The van der Waals surface area contributed by atoms with Gasteiger partial charge in [-0.15, -0.1) is 0 Å². The van der Waals surface area contributed by atoms with Crippen LogP contribution < -0.4 is 0 Å². The standard InChI is InChI=1S/C15H14O2/c16-14(11-6-2-1-3-7-11)15-13-9-5-4-8-12(13)10-17-15/h1-9,14-16H,10H2/t14?,15-/m0/s1. The summed E-state index contributed by atoms with van der Waals surface area (Å²) in [4.78, 5) is 0. The summed E-state index contributed by atoms with van der Waals surface area (Å²) in [6.07, 6.45) is -0.839. The molecular weight excluding hydrogens is 212 g/mol. The van der Waals surface area contributed by atoms with Crippen molar-refractivity contribution in [1.82, 2.24) is 0 Å². The maximum absolute atomic E-state index is 10.3. The van der Waals surface area contributed by atoms with Crippen molar-refractivity contribution in [3.63, 3.8) is 0 Å². The first-order valence-corrected chi connectivity index (χ1v) is 5.78. The van der Waals surface area contributed by atoms with E-state index in [0.29, 0.717) is 6.61 Å². The van der Waals surface area contributed by atoms with Crippen LogP contribution in [0, 0.1) is 0 Å². The van der Waals surface area contributed by atoms with Gasteiger partial charge in [0.15, 0.2) is 0 Å². The Labute approximate surface area is 100 Å². The summed E-state index contributed by atoms with van der Waals surface area (Å²) in [5.74, 6) is 0. The molecule has 2 heteroatoms. The predicted molar refractivity (Wildman–Crippen MR) is 65.4 cm³/mol. The molecule has 2 nitrogen and oxygen atoms in total. The molecule has 0 bridgehead atoms. The van der Waals surface area contributed by atoms with Crippen molar-refractivity contribution in [2.24, 2.45) is 0 Å². The summed E-state index contributed by atoms with van der Waals surface area (Å²) in [5.41, 5.74) is 3.17. The quantitative estimate of drug-likeness (QED) is 0.853. The van der Waals surface area contributed by atoms with E-state index in [1.807, 2.05) is 54.6 Å². The van der Waals surface area contributed by atoms with E-state index in [1.165, 1.54) is 5.56 Å². The number of hydrogen-bond donors (Lipinski definition) is 1. The third-order valence-corrected chi connectivity index (χ3v) is 3.21. The van der Waals surface area contributed by atoms with Gasteiger partial charge in [0.2, 0.25) is 0 Å². The first-order valence-electron chi connectivity index (χ1n) is 5.78. The Morgan fingerprint density at radius 3 is 2.53 bits per heavy atom. The van der Waals surface area contributed by atoms with Crippen LogP contribution in [0.4, 0.5) is 0 Å². The molecule has 17 heavy (non-hydrogen) atoms. The molecule has 0 aliphatic carbocycles. The molecular formula is C15H14O2. The average molecular weight is 226 g/mol. The summed E-state index contributed by atoms with van der Waals surface area (Å²) in [6.45, 7) is 0.588. The maximum Gasteiger partial charge on any atom is 0.113 e. The summed E-state index contributed by atoms with van der Waals surface area (Å²) in [6, 6.07) is 17.7. The zero-order chi connectivity index (χ0) is 11.7. The highest BCUT2D eigenvalue weighted by molar-refractivity contribution is 5.34. The average Bonchev–Trinajstić information content (AvgIpc) is 2.83. The monoisotopic (exact) mass is 226 g/mol. The van der Waals surface area contributed by atoms with E-state index in [2.05, 4.69) is 0 Å². The van der Waals surface area contributed by atoms with Crippen LogP contribution in [0.1, 0.15) is 28.9 Å². The van der Waals surface area contributed by atoms with Crippen LogP contribution in [0.25, 0.3) is 0 Å². The second-order valence-electron chi connectivity index (χ2n) is 4.29. The lowest BCUT2D eigenvalue weighted by atomic mass is 9.97. The van der Waals surface area contributed by atoms with Crippen LogP contribution >= 0.6 is 0 Å². The Balaban J connectivity index is 1.92. The Morgan fingerprint density at radius 1 is 1.00 bits per heavy atom. The number of rotatable bonds is 2. The smallest absolute Gasteiger partial charge is 0.113 e. The summed E-state index contributed by atoms with van der Waals surface area (Å²) in [5, 5.41) is 10.3. The van der Waals surface area contributed by atoms with Crippen molar-refractivity contribution < 1.29 is 9.84 Å². The van der Waals surface area contributed by atoms with E-state index in [0.717, 1.165) is 11.1 Å². The molecule has 1 aliphatic rings. The van der Waals surface area contributed by atoms with Gasteiger partial charge in [-0.1, -0.05) is 54.6 Å². The van der Waals surface area contributed by atoms with Crippen LogP contribution in [0.3, 0.4) is 0 Å². The molecule has 3 rings (SSSR count). The lowest BCUT2D eigenvalue weighted by Gasteiger charge is -2.18. The van der Waals surface area contributed by atoms with Gasteiger partial charge in [0, 0.05) is 0 Å². The number of benzene rings is 2. The van der Waals surface area contributed by atoms with Gasteiger partial charge in [-0.3, -0.25) is 0 Å². The minimum atomic E-state index is -0.597. The lowest BCUT2D eigenvalue weighted by molar-refractivity contribution is -0.0314. The molecule has 0 saturated heterocycles. The van der Waals surface area contributed by atoms with Gasteiger partial charge in [-0.25, -0.2) is 0 Å². The van der Waals surface area contributed by atoms with Crippen molar-refractivity contribution >= 4 is 0 Å². The summed E-state index contributed by atoms with van der Waals surface area (Å²) >= 11 is 0. The SMILES string of the molecule is OC(c1ccccc1)[C@H]1OCc2ccccc21. The molecule has 0 spiro atoms. The highest BCUT2D eigenvalue weighted by Gasteiger charge is 2.29. The molecule has 1 N–H and O–H groups in total. The maximum atomic E-state index is 10.3. The first-order chi connectivity index (χ1) is 8.36. The lowest BCUT2D eigenvalue weighted by Crippen LogP contribution is -2.09. The van der Waals surface area contributed by atoms with Gasteiger partial charge in [0.25, 0.3) is 0 Å². The molecule has 1 aliphatic heterocycles. The van der Waals surface area contributed by atoms with E-state index in [9.17, 15) is 5.11 Å². The molecule has 2 aromatic carbocycles. The minimum absolute atomic E-state index is 0.242. The van der Waals surface area contributed by atoms with Crippen LogP contribution in [0.15, 0.2) is 54.6 Å². The van der Waals surface area contributed by atoms with Gasteiger partial charge < -0.3 is 9.84 Å². The summed E-state index contributed by atoms with van der Waals surface area (Å²) < 4.78 is 5.69. The van der Waals surface area contributed by atoms with Crippen molar-refractivity contribution in [1.29, 1.82) is 0 Å². The van der Waals surface area contributed by atoms with Gasteiger partial charge in [0.1, 0.15) is 12.2 Å². The molecule has 0 radical (unpaired) electrons. The van der Waals surface area contributed by atoms with E-state index < -0.39 is 6.10 Å². The second-order valence-corrected chi connectivity index (χ2v) is 4.29. The fourth-order valence-corrected chi connectivity index (χ4v) is 2.30. The van der Waals surface area contributed by atoms with E-state index in [4.69, 9.17) is 4.74 Å². The zero-order valence-electron chi connectivity index (χ0n) is 9.41. The Hall–Kier alpha value is -1.64. The van der Waals surface area contributed by atoms with Crippen molar-refractivity contribution in [2.45, 2.75) is 18.8 Å². The van der Waals surface area contributed by atoms with Crippen LogP contribution in [-0.4, -0.2) is 5.11 Å². The van der Waals surface area contributed by atoms with Crippen molar-refractivity contribution in [3.8, 4) is 0 Å². The normalized spacial score (nSPS) is 19.9. The Kier molecular flexibility index (Phi) is 2.67. The van der Waals surface area contributed by atoms with E-state index in [-0.39, 0.29) is 6.10 Å². The third-order valence-electron chi connectivity index (χ3n) is 3.21. The molecule has 1 unspecified atom stereocenters. The zero-order valence-corrected chi connectivity index (χ0v) is 9.41. The van der Waals surface area contributed by atoms with E-state index in [1.54, 1.807) is 0 Å². The largest absolute Gasteiger partial charge is 0.385 e. The number of ether oxygens (including phenoxy) is 1. The molecule has 0 fully saturated rings. The number of fused-ring (bicyclic) bond motifs is 1. The third kappa shape index (κ3) is 1.86. The molecule has 2 atom stereocenters. The molecule has 0 amide bonds. The summed E-state index contributed by atoms with van der Waals surface area (Å²) in [7, 11) is 0. The molecule has 0 aromatic heterocycles. The van der Waals surface area contributed by atoms with Crippen LogP contribution in [0.5, 0.6) is 0 Å². The van der Waals surface area contributed by atoms with E-state index >= 15 is 0 Å². The number of hydrogen-bond acceptors (Lipinski definition) is 2. The highest BCUT2D eigenvalue weighted by atomic mass is 16.5. The van der Waals surface area contributed by atoms with Crippen molar-refractivity contribution in [2.75, 3.05) is 0 Å². The second kappa shape index (κ2) is 4.32.